The fourth-order valence-corrected chi connectivity index (χ4v) is 1.34. The molecule has 1 rings (SSSR count). The van der Waals surface area contributed by atoms with E-state index < -0.39 is 5.97 Å². The molecule has 19 heavy (non-hydrogen) atoms. The van der Waals surface area contributed by atoms with E-state index in [2.05, 4.69) is 5.48 Å². The van der Waals surface area contributed by atoms with Crippen molar-refractivity contribution in [3.63, 3.8) is 0 Å². The van der Waals surface area contributed by atoms with Crippen molar-refractivity contribution in [1.82, 2.24) is 0 Å². The molecule has 100 valence electrons. The summed E-state index contributed by atoms with van der Waals surface area (Å²) in [6.45, 7) is 3.88. The number of benzene rings is 1. The zero-order chi connectivity index (χ0) is 14.3. The molecule has 1 N–H and O–H groups in total. The molecule has 6 heteroatoms. The molecule has 0 radical (unpaired) electrons. The van der Waals surface area contributed by atoms with Gasteiger partial charge in [0.1, 0.15) is 12.3 Å². The fourth-order valence-electron chi connectivity index (χ4n) is 1.16. The number of rotatable bonds is 5. The van der Waals surface area contributed by atoms with E-state index in [1.807, 2.05) is 0 Å². The highest BCUT2D eigenvalue weighted by Gasteiger charge is 2.12. The lowest BCUT2D eigenvalue weighted by Gasteiger charge is -2.09. The van der Waals surface area contributed by atoms with Crippen molar-refractivity contribution < 1.29 is 14.4 Å². The van der Waals surface area contributed by atoms with Crippen molar-refractivity contribution in [3.05, 3.63) is 40.6 Å². The maximum atomic E-state index is 11.6. The molecule has 0 heterocycles. The summed E-state index contributed by atoms with van der Waals surface area (Å²) in [6, 6.07) is 6.83. The number of carbonyl (C=O) groups is 1. The standard InChI is InChI=1S/C13H13ClN2O3/c1-3-18-8-10(7-15)13(17)19-16-12-6-4-5-11(14)9(12)2/h4-6,8,16H,3H2,1-2H3. The minimum atomic E-state index is -0.824. The number of anilines is 1. The monoisotopic (exact) mass is 280 g/mol. The molecule has 0 amide bonds. The topological polar surface area (TPSA) is 71.3 Å². The Balaban J connectivity index is 2.69. The maximum Gasteiger partial charge on any atom is 0.376 e. The second-order valence-corrected chi connectivity index (χ2v) is 3.91. The van der Waals surface area contributed by atoms with Crippen LogP contribution in [0.1, 0.15) is 12.5 Å². The lowest BCUT2D eigenvalue weighted by Crippen LogP contribution is -2.13. The third-order valence-electron chi connectivity index (χ3n) is 2.23. The van der Waals surface area contributed by atoms with Gasteiger partial charge in [-0.15, -0.1) is 0 Å². The van der Waals surface area contributed by atoms with Crippen LogP contribution in [0.3, 0.4) is 0 Å². The van der Waals surface area contributed by atoms with Gasteiger partial charge >= 0.3 is 5.97 Å². The van der Waals surface area contributed by atoms with Gasteiger partial charge in [0.15, 0.2) is 5.57 Å². The summed E-state index contributed by atoms with van der Waals surface area (Å²) < 4.78 is 4.87. The molecule has 0 aliphatic heterocycles. The van der Waals surface area contributed by atoms with Crippen LogP contribution in [0.25, 0.3) is 0 Å². The first kappa shape index (κ1) is 14.9. The van der Waals surface area contributed by atoms with Crippen LogP contribution < -0.4 is 5.48 Å². The van der Waals surface area contributed by atoms with Crippen LogP contribution in [0, 0.1) is 18.3 Å². The van der Waals surface area contributed by atoms with E-state index in [0.717, 1.165) is 11.8 Å². The number of hydrogen-bond donors (Lipinski definition) is 1. The van der Waals surface area contributed by atoms with Gasteiger partial charge in [-0.05, 0) is 31.5 Å². The third-order valence-corrected chi connectivity index (χ3v) is 2.64. The number of carbonyl (C=O) groups excluding carboxylic acids is 1. The van der Waals surface area contributed by atoms with Gasteiger partial charge in [-0.1, -0.05) is 17.7 Å². The molecule has 0 bridgehead atoms. The van der Waals surface area contributed by atoms with Crippen molar-refractivity contribution in [2.24, 2.45) is 0 Å². The molecule has 0 unspecified atom stereocenters. The van der Waals surface area contributed by atoms with E-state index >= 15 is 0 Å². The summed E-state index contributed by atoms with van der Waals surface area (Å²) in [5, 5.41) is 9.32. The minimum Gasteiger partial charge on any atom is -0.500 e. The Labute approximate surface area is 116 Å². The number of nitrogens with one attached hydrogen (secondary N) is 1. The van der Waals surface area contributed by atoms with Gasteiger partial charge in [0.05, 0.1) is 12.3 Å². The maximum absolute atomic E-state index is 11.6. The van der Waals surface area contributed by atoms with E-state index in [1.165, 1.54) is 0 Å². The molecule has 0 saturated carbocycles. The summed E-state index contributed by atoms with van der Waals surface area (Å²) in [7, 11) is 0. The summed E-state index contributed by atoms with van der Waals surface area (Å²) in [6.07, 6.45) is 1.06. The average molecular weight is 281 g/mol. The first-order valence-electron chi connectivity index (χ1n) is 5.54. The smallest absolute Gasteiger partial charge is 0.376 e. The number of ether oxygens (including phenoxy) is 1. The molecule has 0 fully saturated rings. The molecule has 0 aliphatic carbocycles. The Morgan fingerprint density at radius 2 is 2.32 bits per heavy atom. The Hall–Kier alpha value is -2.19. The fraction of sp³-hybridized carbons (Fsp3) is 0.231. The van der Waals surface area contributed by atoms with Crippen molar-refractivity contribution in [2.75, 3.05) is 12.1 Å². The summed E-state index contributed by atoms with van der Waals surface area (Å²) >= 11 is 5.92. The Morgan fingerprint density at radius 3 is 2.95 bits per heavy atom. The Morgan fingerprint density at radius 1 is 1.58 bits per heavy atom. The first-order chi connectivity index (χ1) is 9.10. The summed E-state index contributed by atoms with van der Waals surface area (Å²) in [4.78, 5) is 16.4. The molecule has 0 atom stereocenters. The van der Waals surface area contributed by atoms with E-state index in [4.69, 9.17) is 26.4 Å². The lowest BCUT2D eigenvalue weighted by atomic mass is 10.2. The highest BCUT2D eigenvalue weighted by atomic mass is 35.5. The second-order valence-electron chi connectivity index (χ2n) is 3.50. The molecule has 0 aliphatic rings. The van der Waals surface area contributed by atoms with Crippen LogP contribution in [0.15, 0.2) is 30.0 Å². The van der Waals surface area contributed by atoms with Crippen LogP contribution in [0.2, 0.25) is 5.02 Å². The normalized spacial score (nSPS) is 10.5. The second kappa shape index (κ2) is 7.29. The summed E-state index contributed by atoms with van der Waals surface area (Å²) in [5.74, 6) is -0.824. The molecule has 0 aromatic heterocycles. The van der Waals surface area contributed by atoms with Crippen molar-refractivity contribution >= 4 is 23.3 Å². The predicted octanol–water partition coefficient (Wildman–Crippen LogP) is 2.96. The van der Waals surface area contributed by atoms with Gasteiger partial charge < -0.3 is 9.57 Å². The van der Waals surface area contributed by atoms with Crippen LogP contribution in [0.4, 0.5) is 5.69 Å². The van der Waals surface area contributed by atoms with E-state index in [9.17, 15) is 4.79 Å². The molecular weight excluding hydrogens is 268 g/mol. The Bertz CT molecular complexity index is 535. The molecular formula is C13H13ClN2O3. The quantitative estimate of drug-likeness (QED) is 0.388. The highest BCUT2D eigenvalue weighted by Crippen LogP contribution is 2.22. The minimum absolute atomic E-state index is 0.228. The van der Waals surface area contributed by atoms with Gasteiger partial charge in [0, 0.05) is 5.02 Å². The first-order valence-corrected chi connectivity index (χ1v) is 5.92. The predicted molar refractivity (Wildman–Crippen MR) is 71.2 cm³/mol. The molecule has 0 spiro atoms. The molecule has 0 saturated heterocycles. The molecule has 5 nitrogen and oxygen atoms in total. The summed E-state index contributed by atoms with van der Waals surface area (Å²) in [5.41, 5.74) is 3.53. The van der Waals surface area contributed by atoms with Crippen molar-refractivity contribution in [1.29, 1.82) is 5.26 Å². The Kier molecular flexibility index (Phi) is 5.71. The van der Waals surface area contributed by atoms with Crippen LogP contribution in [0.5, 0.6) is 0 Å². The van der Waals surface area contributed by atoms with Gasteiger partial charge in [-0.25, -0.2) is 10.3 Å². The zero-order valence-corrected chi connectivity index (χ0v) is 11.3. The van der Waals surface area contributed by atoms with Gasteiger partial charge in [0.25, 0.3) is 0 Å². The lowest BCUT2D eigenvalue weighted by molar-refractivity contribution is -0.135. The van der Waals surface area contributed by atoms with Crippen molar-refractivity contribution in [3.8, 4) is 6.07 Å². The number of nitrogens with zero attached hydrogens (tertiary/aromatic N) is 1. The van der Waals surface area contributed by atoms with Crippen LogP contribution >= 0.6 is 11.6 Å². The molecule has 1 aromatic carbocycles. The average Bonchev–Trinajstić information content (AvgIpc) is 2.41. The van der Waals surface area contributed by atoms with E-state index in [-0.39, 0.29) is 5.57 Å². The van der Waals surface area contributed by atoms with Gasteiger partial charge in [-0.2, -0.15) is 5.26 Å². The molecule has 1 aromatic rings. The third kappa shape index (κ3) is 4.19. The number of hydrogen-bond acceptors (Lipinski definition) is 5. The zero-order valence-electron chi connectivity index (χ0n) is 10.6. The number of nitriles is 1. The van der Waals surface area contributed by atoms with Gasteiger partial charge in [-0.3, -0.25) is 0 Å². The largest absolute Gasteiger partial charge is 0.500 e. The SMILES string of the molecule is CCOC=C(C#N)C(=O)ONc1cccc(Cl)c1C. The number of halogens is 1. The van der Waals surface area contributed by atoms with Crippen LogP contribution in [-0.4, -0.2) is 12.6 Å². The highest BCUT2D eigenvalue weighted by molar-refractivity contribution is 6.31. The van der Waals surface area contributed by atoms with Crippen molar-refractivity contribution in [2.45, 2.75) is 13.8 Å². The van der Waals surface area contributed by atoms with E-state index in [1.54, 1.807) is 38.1 Å². The van der Waals surface area contributed by atoms with Gasteiger partial charge in [0.2, 0.25) is 0 Å². The van der Waals surface area contributed by atoms with E-state index in [0.29, 0.717) is 17.3 Å². The van der Waals surface area contributed by atoms with Crippen LogP contribution in [-0.2, 0) is 14.4 Å².